The number of hydrogen-bond acceptors (Lipinski definition) is 4. The number of carbonyl (C=O) groups is 1. The number of rotatable bonds is 6. The molecule has 2 saturated heterocycles. The number of hydrogen-bond donors (Lipinski definition) is 2. The molecular weight excluding hydrogens is 340 g/mol. The maximum atomic E-state index is 12.5. The third-order valence-electron chi connectivity index (χ3n) is 4.87. The smallest absolute Gasteiger partial charge is 0.224 e. The monoisotopic (exact) mass is 368 g/mol. The summed E-state index contributed by atoms with van der Waals surface area (Å²) in [5, 5.41) is 6.64. The van der Waals surface area contributed by atoms with E-state index in [2.05, 4.69) is 10.6 Å². The lowest BCUT2D eigenvalue weighted by Crippen LogP contribution is -2.39. The molecule has 2 N–H and O–H groups in total. The van der Waals surface area contributed by atoms with Crippen LogP contribution >= 0.6 is 12.4 Å². The summed E-state index contributed by atoms with van der Waals surface area (Å²) in [7, 11) is 1.62. The molecule has 6 heteroatoms. The molecule has 1 aromatic rings. The van der Waals surface area contributed by atoms with E-state index in [0.29, 0.717) is 41.6 Å². The predicted molar refractivity (Wildman–Crippen MR) is 102 cm³/mol. The quantitative estimate of drug-likeness (QED) is 0.802. The lowest BCUT2D eigenvalue weighted by atomic mass is 9.89. The number of nitrogens with one attached hydrogen (secondary N) is 2. The summed E-state index contributed by atoms with van der Waals surface area (Å²) in [5.74, 6) is 1.93. The SMILES string of the molecule is COc1ccc(OC(C)C)c(NC(=O)CC2CC3CCC(C2)N3)c1.Cl. The van der Waals surface area contributed by atoms with Gasteiger partial charge in [-0.05, 0) is 57.6 Å². The molecule has 140 valence electrons. The minimum Gasteiger partial charge on any atom is -0.497 e. The van der Waals surface area contributed by atoms with Crippen molar-refractivity contribution in [2.75, 3.05) is 12.4 Å². The van der Waals surface area contributed by atoms with Crippen molar-refractivity contribution in [3.05, 3.63) is 18.2 Å². The zero-order chi connectivity index (χ0) is 17.1. The first-order chi connectivity index (χ1) is 11.5. The van der Waals surface area contributed by atoms with E-state index < -0.39 is 0 Å². The fourth-order valence-corrected chi connectivity index (χ4v) is 3.90. The molecule has 0 radical (unpaired) electrons. The average molecular weight is 369 g/mol. The molecular formula is C19H29ClN2O3. The van der Waals surface area contributed by atoms with Crippen LogP contribution in [-0.4, -0.2) is 31.2 Å². The van der Waals surface area contributed by atoms with Gasteiger partial charge in [0.15, 0.2) is 0 Å². The number of piperidine rings is 1. The van der Waals surface area contributed by atoms with Crippen molar-refractivity contribution in [1.82, 2.24) is 5.32 Å². The van der Waals surface area contributed by atoms with E-state index in [1.54, 1.807) is 7.11 Å². The van der Waals surface area contributed by atoms with Crippen LogP contribution in [0.15, 0.2) is 18.2 Å². The van der Waals surface area contributed by atoms with Crippen LogP contribution < -0.4 is 20.1 Å². The maximum Gasteiger partial charge on any atom is 0.224 e. The molecule has 2 unspecified atom stereocenters. The summed E-state index contributed by atoms with van der Waals surface area (Å²) in [6.07, 6.45) is 5.35. The largest absolute Gasteiger partial charge is 0.497 e. The number of ether oxygens (including phenoxy) is 2. The molecule has 5 nitrogen and oxygen atoms in total. The molecule has 1 amide bonds. The first-order valence-corrected chi connectivity index (χ1v) is 8.94. The van der Waals surface area contributed by atoms with Gasteiger partial charge >= 0.3 is 0 Å². The Morgan fingerprint density at radius 3 is 2.56 bits per heavy atom. The summed E-state index contributed by atoms with van der Waals surface area (Å²) in [6, 6.07) is 6.73. The van der Waals surface area contributed by atoms with Crippen LogP contribution in [0.5, 0.6) is 11.5 Å². The molecule has 0 aromatic heterocycles. The van der Waals surface area contributed by atoms with Crippen LogP contribution in [0.3, 0.4) is 0 Å². The fourth-order valence-electron chi connectivity index (χ4n) is 3.90. The lowest BCUT2D eigenvalue weighted by Gasteiger charge is -2.28. The molecule has 2 atom stereocenters. The Morgan fingerprint density at radius 2 is 1.96 bits per heavy atom. The fraction of sp³-hybridized carbons (Fsp3) is 0.632. The number of anilines is 1. The van der Waals surface area contributed by atoms with Crippen molar-refractivity contribution in [3.63, 3.8) is 0 Å². The molecule has 3 rings (SSSR count). The summed E-state index contributed by atoms with van der Waals surface area (Å²) >= 11 is 0. The van der Waals surface area contributed by atoms with Crippen LogP contribution in [-0.2, 0) is 4.79 Å². The number of halogens is 1. The molecule has 2 bridgehead atoms. The molecule has 1 aromatic carbocycles. The molecule has 0 saturated carbocycles. The van der Waals surface area contributed by atoms with E-state index >= 15 is 0 Å². The van der Waals surface area contributed by atoms with Crippen LogP contribution in [0, 0.1) is 5.92 Å². The Labute approximate surface area is 156 Å². The zero-order valence-electron chi connectivity index (χ0n) is 15.2. The van der Waals surface area contributed by atoms with Crippen LogP contribution in [0.25, 0.3) is 0 Å². The van der Waals surface area contributed by atoms with Gasteiger partial charge in [-0.1, -0.05) is 0 Å². The molecule has 0 aliphatic carbocycles. The number of amides is 1. The normalized spacial score (nSPS) is 24.6. The highest BCUT2D eigenvalue weighted by molar-refractivity contribution is 5.92. The maximum absolute atomic E-state index is 12.5. The number of methoxy groups -OCH3 is 1. The van der Waals surface area contributed by atoms with E-state index in [1.807, 2.05) is 32.0 Å². The second-order valence-electron chi connectivity index (χ2n) is 7.26. The van der Waals surface area contributed by atoms with Gasteiger partial charge < -0.3 is 20.1 Å². The van der Waals surface area contributed by atoms with Gasteiger partial charge in [-0.2, -0.15) is 0 Å². The highest BCUT2D eigenvalue weighted by atomic mass is 35.5. The molecule has 2 fully saturated rings. The summed E-state index contributed by atoms with van der Waals surface area (Å²) in [4.78, 5) is 12.5. The van der Waals surface area contributed by atoms with Gasteiger partial charge in [0.25, 0.3) is 0 Å². The van der Waals surface area contributed by atoms with Crippen molar-refractivity contribution in [3.8, 4) is 11.5 Å². The number of benzene rings is 1. The van der Waals surface area contributed by atoms with Gasteiger partial charge in [0, 0.05) is 24.6 Å². The van der Waals surface area contributed by atoms with Gasteiger partial charge in [0.2, 0.25) is 5.91 Å². The Morgan fingerprint density at radius 1 is 1.28 bits per heavy atom. The summed E-state index contributed by atoms with van der Waals surface area (Å²) in [5.41, 5.74) is 0.685. The zero-order valence-corrected chi connectivity index (χ0v) is 16.0. The van der Waals surface area contributed by atoms with E-state index in [4.69, 9.17) is 9.47 Å². The topological polar surface area (TPSA) is 59.6 Å². The van der Waals surface area contributed by atoms with E-state index in [-0.39, 0.29) is 24.4 Å². The standard InChI is InChI=1S/C19H28N2O3.ClH/c1-12(2)24-18-7-6-16(23-3)11-17(18)21-19(22)10-13-8-14-4-5-15(9-13)20-14;/h6-7,11-15,20H,4-5,8-10H2,1-3H3,(H,21,22);1H. The van der Waals surface area contributed by atoms with Gasteiger partial charge in [0.1, 0.15) is 11.5 Å². The van der Waals surface area contributed by atoms with E-state index in [1.165, 1.54) is 12.8 Å². The van der Waals surface area contributed by atoms with Gasteiger partial charge in [-0.15, -0.1) is 12.4 Å². The predicted octanol–water partition coefficient (Wildman–Crippen LogP) is 3.76. The van der Waals surface area contributed by atoms with Crippen molar-refractivity contribution in [1.29, 1.82) is 0 Å². The van der Waals surface area contributed by atoms with E-state index in [0.717, 1.165) is 12.8 Å². The Kier molecular flexibility index (Phi) is 6.96. The average Bonchev–Trinajstić information content (AvgIpc) is 2.87. The molecule has 0 spiro atoms. The first kappa shape index (κ1) is 19.9. The van der Waals surface area contributed by atoms with Crippen molar-refractivity contribution in [2.45, 2.75) is 64.1 Å². The Hall–Kier alpha value is -1.46. The van der Waals surface area contributed by atoms with Crippen LogP contribution in [0.2, 0.25) is 0 Å². The molecule has 2 aliphatic heterocycles. The van der Waals surface area contributed by atoms with Crippen LogP contribution in [0.4, 0.5) is 5.69 Å². The minimum atomic E-state index is 0. The van der Waals surface area contributed by atoms with E-state index in [9.17, 15) is 4.79 Å². The Balaban J connectivity index is 0.00000225. The molecule has 2 heterocycles. The third-order valence-corrected chi connectivity index (χ3v) is 4.87. The Bertz CT molecular complexity index is 582. The second-order valence-corrected chi connectivity index (χ2v) is 7.26. The number of carbonyl (C=O) groups excluding carboxylic acids is 1. The molecule has 2 aliphatic rings. The highest BCUT2D eigenvalue weighted by Crippen LogP contribution is 2.34. The molecule has 25 heavy (non-hydrogen) atoms. The van der Waals surface area contributed by atoms with Crippen molar-refractivity contribution >= 4 is 24.0 Å². The van der Waals surface area contributed by atoms with Crippen LogP contribution in [0.1, 0.15) is 46.0 Å². The first-order valence-electron chi connectivity index (χ1n) is 8.94. The lowest BCUT2D eigenvalue weighted by molar-refractivity contribution is -0.117. The van der Waals surface area contributed by atoms with Crippen molar-refractivity contribution in [2.24, 2.45) is 5.92 Å². The highest BCUT2D eigenvalue weighted by Gasteiger charge is 2.34. The number of fused-ring (bicyclic) bond motifs is 2. The van der Waals surface area contributed by atoms with Gasteiger partial charge in [-0.25, -0.2) is 0 Å². The second kappa shape index (κ2) is 8.77. The van der Waals surface area contributed by atoms with Gasteiger partial charge in [0.05, 0.1) is 18.9 Å². The third kappa shape index (κ3) is 5.25. The summed E-state index contributed by atoms with van der Waals surface area (Å²) < 4.78 is 11.1. The van der Waals surface area contributed by atoms with Crippen molar-refractivity contribution < 1.29 is 14.3 Å². The minimum absolute atomic E-state index is 0. The van der Waals surface area contributed by atoms with Gasteiger partial charge in [-0.3, -0.25) is 4.79 Å². The summed E-state index contributed by atoms with van der Waals surface area (Å²) in [6.45, 7) is 3.95.